The molecule has 9 heteroatoms. The zero-order chi connectivity index (χ0) is 39.7. The fourth-order valence-electron chi connectivity index (χ4n) is 7.45. The summed E-state index contributed by atoms with van der Waals surface area (Å²) in [6.07, 6.45) is -4.86. The van der Waals surface area contributed by atoms with E-state index < -0.39 is 42.0 Å². The number of carbonyl (C=O) groups excluding carboxylic acids is 2. The van der Waals surface area contributed by atoms with E-state index in [1.54, 1.807) is 24.3 Å². The van der Waals surface area contributed by atoms with Gasteiger partial charge in [0.1, 0.15) is 24.3 Å². The molecular weight excluding hydrogens is 749 g/mol. The van der Waals surface area contributed by atoms with Gasteiger partial charge in [0.25, 0.3) is 0 Å². The van der Waals surface area contributed by atoms with Crippen LogP contribution in [0.25, 0.3) is 11.1 Å². The quantitative estimate of drug-likeness (QED) is 0.100. The van der Waals surface area contributed by atoms with Gasteiger partial charge in [-0.05, 0) is 64.6 Å². The maximum absolute atomic E-state index is 14.1. The van der Waals surface area contributed by atoms with Gasteiger partial charge in [-0.3, -0.25) is 0 Å². The second kappa shape index (κ2) is 18.7. The molecule has 0 unspecified atom stereocenters. The van der Waals surface area contributed by atoms with E-state index >= 15 is 0 Å². The molecule has 58 heavy (non-hydrogen) atoms. The highest BCUT2D eigenvalue weighted by molar-refractivity contribution is 7.99. The summed E-state index contributed by atoms with van der Waals surface area (Å²) in [4.78, 5) is 28.9. The van der Waals surface area contributed by atoms with Crippen molar-refractivity contribution < 1.29 is 38.0 Å². The third kappa shape index (κ3) is 9.35. The van der Waals surface area contributed by atoms with Gasteiger partial charge in [0.15, 0.2) is 12.2 Å². The molecule has 1 saturated heterocycles. The van der Waals surface area contributed by atoms with Crippen molar-refractivity contribution in [1.82, 2.24) is 0 Å². The average molecular weight is 793 g/mol. The van der Waals surface area contributed by atoms with E-state index in [1.807, 2.05) is 122 Å². The molecule has 294 valence electrons. The number of esters is 1. The fourth-order valence-corrected chi connectivity index (χ4v) is 8.56. The first-order chi connectivity index (χ1) is 28.5. The van der Waals surface area contributed by atoms with Gasteiger partial charge in [-0.2, -0.15) is 0 Å². The van der Waals surface area contributed by atoms with Gasteiger partial charge >= 0.3 is 12.1 Å². The van der Waals surface area contributed by atoms with Crippen LogP contribution in [0.5, 0.6) is 0 Å². The average Bonchev–Trinajstić information content (AvgIpc) is 3.59. The molecule has 6 aromatic rings. The van der Waals surface area contributed by atoms with Gasteiger partial charge in [-0.1, -0.05) is 157 Å². The number of carbonyl (C=O) groups is 2. The number of aryl methyl sites for hydroxylation is 1. The van der Waals surface area contributed by atoms with Crippen molar-refractivity contribution in [2.24, 2.45) is 0 Å². The zero-order valence-electron chi connectivity index (χ0n) is 32.1. The van der Waals surface area contributed by atoms with Gasteiger partial charge in [-0.25, -0.2) is 9.59 Å². The molecule has 8 rings (SSSR count). The molecule has 0 aromatic heterocycles. The predicted octanol–water partition coefficient (Wildman–Crippen LogP) is 10.2. The lowest BCUT2D eigenvalue weighted by Crippen LogP contribution is -2.61. The van der Waals surface area contributed by atoms with Crippen LogP contribution in [-0.2, 0) is 41.6 Å². The van der Waals surface area contributed by atoms with Crippen molar-refractivity contribution >= 4 is 23.9 Å². The molecule has 5 atom stereocenters. The Bertz CT molecular complexity index is 2220. The van der Waals surface area contributed by atoms with Crippen molar-refractivity contribution in [2.45, 2.75) is 60.8 Å². The molecule has 0 radical (unpaired) electrons. The van der Waals surface area contributed by atoms with Crippen LogP contribution >= 0.6 is 11.8 Å². The van der Waals surface area contributed by atoms with Crippen LogP contribution < -0.4 is 0 Å². The van der Waals surface area contributed by atoms with Crippen LogP contribution in [0.3, 0.4) is 0 Å². The molecule has 6 aromatic carbocycles. The monoisotopic (exact) mass is 792 g/mol. The van der Waals surface area contributed by atoms with E-state index in [2.05, 4.69) is 24.3 Å². The Hall–Kier alpha value is -5.71. The lowest BCUT2D eigenvalue weighted by atomic mass is 9.98. The minimum Gasteiger partial charge on any atom is -0.451 e. The summed E-state index contributed by atoms with van der Waals surface area (Å²) >= 11 is 1.38. The molecule has 8 nitrogen and oxygen atoms in total. The Morgan fingerprint density at radius 1 is 0.586 bits per heavy atom. The Labute approximate surface area is 343 Å². The molecule has 0 spiro atoms. The molecule has 1 aliphatic heterocycles. The topological polar surface area (TPSA) is 89.5 Å². The van der Waals surface area contributed by atoms with Crippen molar-refractivity contribution in [3.63, 3.8) is 0 Å². The summed E-state index contributed by atoms with van der Waals surface area (Å²) in [5.41, 5.74) is 6.88. The van der Waals surface area contributed by atoms with Gasteiger partial charge in [0.2, 0.25) is 0 Å². The van der Waals surface area contributed by atoms with Crippen molar-refractivity contribution in [3.8, 4) is 11.1 Å². The summed E-state index contributed by atoms with van der Waals surface area (Å²) < 4.78 is 38.5. The molecule has 1 heterocycles. The second-order valence-corrected chi connectivity index (χ2v) is 15.5. The second-order valence-electron chi connectivity index (χ2n) is 14.3. The summed E-state index contributed by atoms with van der Waals surface area (Å²) in [7, 11) is 0. The van der Waals surface area contributed by atoms with Crippen molar-refractivity contribution in [2.75, 3.05) is 13.2 Å². The van der Waals surface area contributed by atoms with E-state index in [0.717, 1.165) is 43.8 Å². The van der Waals surface area contributed by atoms with Crippen LogP contribution in [0.2, 0.25) is 0 Å². The first-order valence-corrected chi connectivity index (χ1v) is 20.3. The lowest BCUT2D eigenvalue weighted by molar-refractivity contribution is -0.231. The Balaban J connectivity index is 1.12. The van der Waals surface area contributed by atoms with Crippen molar-refractivity contribution in [1.29, 1.82) is 0 Å². The predicted molar refractivity (Wildman–Crippen MR) is 222 cm³/mol. The first-order valence-electron chi connectivity index (χ1n) is 19.4. The van der Waals surface area contributed by atoms with Crippen LogP contribution in [0, 0.1) is 6.92 Å². The highest BCUT2D eigenvalue weighted by atomic mass is 32.2. The number of ether oxygens (including phenoxy) is 6. The molecule has 0 saturated carbocycles. The fraction of sp³-hybridized carbons (Fsp3) is 0.224. The normalized spacial score (nSPS) is 19.8. The number of rotatable bonds is 14. The zero-order valence-corrected chi connectivity index (χ0v) is 32.9. The van der Waals surface area contributed by atoms with Gasteiger partial charge in [0, 0.05) is 10.8 Å². The largest absolute Gasteiger partial charge is 0.508 e. The summed E-state index contributed by atoms with van der Waals surface area (Å²) in [5, 5.41) is 0. The van der Waals surface area contributed by atoms with Crippen LogP contribution in [-0.4, -0.2) is 55.2 Å². The maximum atomic E-state index is 14.1. The molecule has 1 fully saturated rings. The number of hydrogen-bond donors (Lipinski definition) is 0. The van der Waals surface area contributed by atoms with Gasteiger partial charge in [-0.15, -0.1) is 0 Å². The molecular formula is C49H44O8S. The van der Waals surface area contributed by atoms with Crippen LogP contribution in [0.1, 0.15) is 44.1 Å². The Kier molecular flexibility index (Phi) is 12.6. The third-order valence-corrected chi connectivity index (χ3v) is 11.5. The van der Waals surface area contributed by atoms with Gasteiger partial charge < -0.3 is 28.4 Å². The standard InChI is InChI=1S/C49H44O8S/c1-33-25-27-37(28-26-33)58-48-46(56-47(50)36-19-9-4-10-20-36)45(57-49(51)54-31-42-40-23-13-11-21-38(40)39-22-12-14-24-41(39)42)44(53-30-35-17-7-3-8-18-35)43(55-48)32-52-29-34-15-5-2-6-16-34/h2-28,42-46,48H,29-32H2,1H3/t43-,44-,45+,46-,48+/m1/s1. The molecule has 0 N–H and O–H groups in total. The smallest absolute Gasteiger partial charge is 0.451 e. The van der Waals surface area contributed by atoms with E-state index in [9.17, 15) is 9.59 Å². The van der Waals surface area contributed by atoms with Gasteiger partial charge in [0.05, 0.1) is 25.4 Å². The van der Waals surface area contributed by atoms with E-state index in [0.29, 0.717) is 12.2 Å². The summed E-state index contributed by atoms with van der Waals surface area (Å²) in [6.45, 7) is 2.66. The Morgan fingerprint density at radius 2 is 1.16 bits per heavy atom. The minimum atomic E-state index is -1.16. The number of thioether (sulfide) groups is 1. The van der Waals surface area contributed by atoms with E-state index in [4.69, 9.17) is 28.4 Å². The molecule has 0 amide bonds. The van der Waals surface area contributed by atoms with E-state index in [-0.39, 0.29) is 25.7 Å². The first kappa shape index (κ1) is 39.1. The number of benzene rings is 6. The molecule has 0 bridgehead atoms. The Morgan fingerprint density at radius 3 is 1.79 bits per heavy atom. The SMILES string of the molecule is Cc1ccc(S[C@@H]2O[C@H](COCc3ccccc3)[C@@H](OCc3ccccc3)[C@H](OC(=O)OCC3c4ccccc4-c4ccccc43)[C@H]2OC(=O)c2ccccc2)cc1. The van der Waals surface area contributed by atoms with E-state index in [1.165, 1.54) is 11.8 Å². The third-order valence-electron chi connectivity index (χ3n) is 10.4. The minimum absolute atomic E-state index is 0.0469. The highest BCUT2D eigenvalue weighted by Gasteiger charge is 2.52. The number of fused-ring (bicyclic) bond motifs is 3. The van der Waals surface area contributed by atoms with Crippen LogP contribution in [0.15, 0.2) is 169 Å². The lowest BCUT2D eigenvalue weighted by Gasteiger charge is -2.44. The molecule has 1 aliphatic carbocycles. The summed E-state index contributed by atoms with van der Waals surface area (Å²) in [6, 6.07) is 52.5. The number of hydrogen-bond acceptors (Lipinski definition) is 9. The molecule has 2 aliphatic rings. The van der Waals surface area contributed by atoms with Crippen LogP contribution in [0.4, 0.5) is 4.79 Å². The maximum Gasteiger partial charge on any atom is 0.508 e. The summed E-state index contributed by atoms with van der Waals surface area (Å²) in [5.74, 6) is -0.777. The highest BCUT2D eigenvalue weighted by Crippen LogP contribution is 2.45. The van der Waals surface area contributed by atoms with Crippen molar-refractivity contribution in [3.05, 3.63) is 197 Å².